The highest BCUT2D eigenvalue weighted by Crippen LogP contribution is 2.24. The first kappa shape index (κ1) is 19.6. The average molecular weight is 394 g/mol. The number of benzene rings is 2. The van der Waals surface area contributed by atoms with Crippen LogP contribution in [-0.4, -0.2) is 45.4 Å². The molecule has 2 aromatic rings. The largest absolute Gasteiger partial charge is 0.482 e. The number of hydrogen-bond donors (Lipinski definition) is 2. The molecule has 1 fully saturated rings. The monoisotopic (exact) mass is 393 g/mol. The fraction of sp³-hybridized carbons (Fsp3) is 0.350. The number of quaternary nitrogens is 1. The van der Waals surface area contributed by atoms with Gasteiger partial charge in [-0.15, -0.1) is 0 Å². The van der Waals surface area contributed by atoms with E-state index in [1.807, 2.05) is 30.3 Å². The van der Waals surface area contributed by atoms with Gasteiger partial charge in [0.25, 0.3) is 5.91 Å². The Morgan fingerprint density at radius 3 is 2.67 bits per heavy atom. The smallest absolute Gasteiger partial charge is 0.258 e. The Morgan fingerprint density at radius 1 is 1.22 bits per heavy atom. The minimum atomic E-state index is -0.450. The molecule has 7 heteroatoms. The summed E-state index contributed by atoms with van der Waals surface area (Å²) in [5.41, 5.74) is 1.05. The van der Waals surface area contributed by atoms with Crippen LogP contribution in [0.1, 0.15) is 11.6 Å². The van der Waals surface area contributed by atoms with Gasteiger partial charge in [0, 0.05) is 0 Å². The maximum Gasteiger partial charge on any atom is 0.258 e. The molecule has 2 aromatic carbocycles. The van der Waals surface area contributed by atoms with Crippen LogP contribution in [0.5, 0.6) is 5.75 Å². The molecule has 0 radical (unpaired) electrons. The van der Waals surface area contributed by atoms with E-state index >= 15 is 0 Å². The molecule has 1 aliphatic heterocycles. The van der Waals surface area contributed by atoms with Gasteiger partial charge in [-0.05, 0) is 23.8 Å². The molecule has 2 N–H and O–H groups in total. The highest BCUT2D eigenvalue weighted by atomic mass is 35.5. The van der Waals surface area contributed by atoms with E-state index < -0.39 is 5.82 Å². The third-order valence-electron chi connectivity index (χ3n) is 4.48. The molecule has 0 saturated carbocycles. The van der Waals surface area contributed by atoms with Gasteiger partial charge in [0.15, 0.2) is 6.61 Å². The Balaban J connectivity index is 1.61. The van der Waals surface area contributed by atoms with Crippen molar-refractivity contribution < 1.29 is 23.6 Å². The predicted molar refractivity (Wildman–Crippen MR) is 101 cm³/mol. The Hall–Kier alpha value is -2.15. The Kier molecular flexibility index (Phi) is 7.04. The lowest BCUT2D eigenvalue weighted by Gasteiger charge is -2.28. The van der Waals surface area contributed by atoms with Crippen LogP contribution in [0.15, 0.2) is 48.5 Å². The first-order valence-electron chi connectivity index (χ1n) is 8.95. The predicted octanol–water partition coefficient (Wildman–Crippen LogP) is 1.63. The number of carbonyl (C=O) groups excluding carboxylic acids is 1. The zero-order chi connectivity index (χ0) is 19.1. The fourth-order valence-electron chi connectivity index (χ4n) is 3.06. The molecule has 1 atom stereocenters. The Labute approximate surface area is 163 Å². The Morgan fingerprint density at radius 2 is 1.96 bits per heavy atom. The molecular formula is C20H23ClFN2O3+. The maximum atomic E-state index is 13.1. The summed E-state index contributed by atoms with van der Waals surface area (Å²) < 4.78 is 23.9. The summed E-state index contributed by atoms with van der Waals surface area (Å²) >= 11 is 5.93. The van der Waals surface area contributed by atoms with Crippen molar-refractivity contribution in [2.45, 2.75) is 6.04 Å². The molecule has 0 unspecified atom stereocenters. The van der Waals surface area contributed by atoms with Crippen molar-refractivity contribution in [1.82, 2.24) is 5.32 Å². The number of ether oxygens (including phenoxy) is 2. The van der Waals surface area contributed by atoms with Crippen LogP contribution >= 0.6 is 11.6 Å². The second kappa shape index (κ2) is 9.69. The van der Waals surface area contributed by atoms with E-state index in [1.165, 1.54) is 17.0 Å². The maximum absolute atomic E-state index is 13.1. The van der Waals surface area contributed by atoms with Crippen LogP contribution in [0.25, 0.3) is 0 Å². The first-order valence-corrected chi connectivity index (χ1v) is 9.33. The number of nitrogens with one attached hydrogen (secondary N) is 2. The van der Waals surface area contributed by atoms with Gasteiger partial charge in [0.1, 0.15) is 37.2 Å². The van der Waals surface area contributed by atoms with Gasteiger partial charge in [-0.2, -0.15) is 0 Å². The summed E-state index contributed by atoms with van der Waals surface area (Å²) in [5.74, 6) is -0.422. The van der Waals surface area contributed by atoms with Crippen molar-refractivity contribution in [1.29, 1.82) is 0 Å². The van der Waals surface area contributed by atoms with E-state index in [1.54, 1.807) is 0 Å². The van der Waals surface area contributed by atoms with E-state index in [2.05, 4.69) is 5.32 Å². The third kappa shape index (κ3) is 5.92. The molecule has 0 aromatic heterocycles. The molecule has 1 aliphatic rings. The van der Waals surface area contributed by atoms with Crippen LogP contribution in [0.2, 0.25) is 5.02 Å². The number of carbonyl (C=O) groups is 1. The number of hydrogen-bond acceptors (Lipinski definition) is 3. The van der Waals surface area contributed by atoms with Crippen LogP contribution in [-0.2, 0) is 9.53 Å². The van der Waals surface area contributed by atoms with E-state index in [0.29, 0.717) is 0 Å². The lowest BCUT2D eigenvalue weighted by Crippen LogP contribution is -3.14. The molecule has 0 spiro atoms. The molecule has 1 saturated heterocycles. The lowest BCUT2D eigenvalue weighted by atomic mass is 10.1. The summed E-state index contributed by atoms with van der Waals surface area (Å²) in [6.07, 6.45) is 0. The van der Waals surface area contributed by atoms with Gasteiger partial charge in [0.2, 0.25) is 0 Å². The Bertz CT molecular complexity index is 754. The number of rotatable bonds is 7. The third-order valence-corrected chi connectivity index (χ3v) is 4.78. The topological polar surface area (TPSA) is 52.0 Å². The van der Waals surface area contributed by atoms with Crippen molar-refractivity contribution in [2.24, 2.45) is 0 Å². The second-order valence-electron chi connectivity index (χ2n) is 6.46. The number of morpholine rings is 1. The van der Waals surface area contributed by atoms with Gasteiger partial charge >= 0.3 is 0 Å². The zero-order valence-corrected chi connectivity index (χ0v) is 15.7. The molecular weight excluding hydrogens is 371 g/mol. The van der Waals surface area contributed by atoms with Crippen LogP contribution < -0.4 is 15.0 Å². The minimum Gasteiger partial charge on any atom is -0.482 e. The van der Waals surface area contributed by atoms with Crippen LogP contribution in [0.4, 0.5) is 4.39 Å². The quantitative estimate of drug-likeness (QED) is 0.751. The second-order valence-corrected chi connectivity index (χ2v) is 6.87. The van der Waals surface area contributed by atoms with Crippen molar-refractivity contribution >= 4 is 17.5 Å². The van der Waals surface area contributed by atoms with Gasteiger partial charge < -0.3 is 19.7 Å². The molecule has 5 nitrogen and oxygen atoms in total. The highest BCUT2D eigenvalue weighted by Gasteiger charge is 2.23. The fourth-order valence-corrected chi connectivity index (χ4v) is 3.28. The van der Waals surface area contributed by atoms with Crippen molar-refractivity contribution in [2.75, 3.05) is 39.5 Å². The normalized spacial score (nSPS) is 15.9. The van der Waals surface area contributed by atoms with Gasteiger partial charge in [-0.25, -0.2) is 4.39 Å². The van der Waals surface area contributed by atoms with Crippen LogP contribution in [0.3, 0.4) is 0 Å². The molecule has 1 amide bonds. The van der Waals surface area contributed by atoms with Crippen molar-refractivity contribution in [3.8, 4) is 5.75 Å². The summed E-state index contributed by atoms with van der Waals surface area (Å²) in [5, 5.41) is 3.18. The summed E-state index contributed by atoms with van der Waals surface area (Å²) in [6.45, 7) is 3.89. The number of amides is 1. The lowest BCUT2D eigenvalue weighted by molar-refractivity contribution is -0.909. The van der Waals surface area contributed by atoms with E-state index in [0.717, 1.165) is 44.5 Å². The van der Waals surface area contributed by atoms with Crippen molar-refractivity contribution in [3.63, 3.8) is 0 Å². The van der Waals surface area contributed by atoms with Gasteiger partial charge in [-0.1, -0.05) is 41.9 Å². The summed E-state index contributed by atoms with van der Waals surface area (Å²) in [7, 11) is 0. The molecule has 27 heavy (non-hydrogen) atoms. The molecule has 0 bridgehead atoms. The SMILES string of the molecule is O=C(COc1ccc(F)cc1Cl)N[C@@H](C[NH+]1CCOCC1)c1ccccc1. The first-order chi connectivity index (χ1) is 13.1. The van der Waals surface area contributed by atoms with Crippen LogP contribution in [0, 0.1) is 5.82 Å². The molecule has 144 valence electrons. The van der Waals surface area contributed by atoms with E-state index in [9.17, 15) is 9.18 Å². The number of halogens is 2. The van der Waals surface area contributed by atoms with E-state index in [4.69, 9.17) is 21.1 Å². The molecule has 0 aliphatic carbocycles. The summed E-state index contributed by atoms with van der Waals surface area (Å²) in [4.78, 5) is 13.8. The molecule has 3 rings (SSSR count). The average Bonchev–Trinajstić information content (AvgIpc) is 2.68. The molecule has 1 heterocycles. The van der Waals surface area contributed by atoms with E-state index in [-0.39, 0.29) is 29.3 Å². The highest BCUT2D eigenvalue weighted by molar-refractivity contribution is 6.32. The zero-order valence-electron chi connectivity index (χ0n) is 14.9. The minimum absolute atomic E-state index is 0.126. The van der Waals surface area contributed by atoms with Gasteiger partial charge in [-0.3, -0.25) is 4.79 Å². The van der Waals surface area contributed by atoms with Gasteiger partial charge in [0.05, 0.1) is 18.2 Å². The van der Waals surface area contributed by atoms with Crippen molar-refractivity contribution in [3.05, 3.63) is 64.9 Å². The summed E-state index contributed by atoms with van der Waals surface area (Å²) in [6, 6.07) is 13.6. The standard InChI is InChI=1S/C20H22ClFN2O3/c21-17-12-16(22)6-7-19(17)27-14-20(25)23-18(15-4-2-1-3-5-15)13-24-8-10-26-11-9-24/h1-7,12,18H,8-11,13-14H2,(H,23,25)/p+1/t18-/m0/s1.